The number of ether oxygens (including phenoxy) is 1. The van der Waals surface area contributed by atoms with Gasteiger partial charge in [0.2, 0.25) is 0 Å². The Kier molecular flexibility index (Phi) is 5.97. The second-order valence-corrected chi connectivity index (χ2v) is 7.68. The summed E-state index contributed by atoms with van der Waals surface area (Å²) in [7, 11) is 1.49. The Bertz CT molecular complexity index is 1260. The molecule has 32 heavy (non-hydrogen) atoms. The van der Waals surface area contributed by atoms with E-state index in [0.717, 1.165) is 10.5 Å². The first-order valence-electron chi connectivity index (χ1n) is 9.91. The number of halogens is 2. The maximum Gasteiger partial charge on any atom is 0.278 e. The number of benzene rings is 3. The zero-order valence-electron chi connectivity index (χ0n) is 17.5. The van der Waals surface area contributed by atoms with Crippen molar-refractivity contribution in [2.75, 3.05) is 12.4 Å². The average Bonchev–Trinajstić information content (AvgIpc) is 3.02. The first-order chi connectivity index (χ1) is 15.4. The van der Waals surface area contributed by atoms with Gasteiger partial charge in [-0.1, -0.05) is 54.1 Å². The maximum absolute atomic E-state index is 14.3. The van der Waals surface area contributed by atoms with Gasteiger partial charge in [-0.3, -0.25) is 14.5 Å². The van der Waals surface area contributed by atoms with Crippen LogP contribution in [-0.2, 0) is 16.1 Å². The van der Waals surface area contributed by atoms with Crippen LogP contribution in [0.2, 0.25) is 5.02 Å². The van der Waals surface area contributed by atoms with Crippen LogP contribution in [0.25, 0.3) is 5.57 Å². The van der Waals surface area contributed by atoms with E-state index in [1.165, 1.54) is 13.2 Å². The minimum absolute atomic E-state index is 0.0844. The minimum Gasteiger partial charge on any atom is -0.496 e. The number of rotatable bonds is 6. The summed E-state index contributed by atoms with van der Waals surface area (Å²) in [6.45, 7) is 1.62. The molecule has 0 aromatic heterocycles. The molecule has 1 aliphatic rings. The summed E-state index contributed by atoms with van der Waals surface area (Å²) in [5.41, 5.74) is 2.27. The first-order valence-corrected chi connectivity index (χ1v) is 10.3. The second-order valence-electron chi connectivity index (χ2n) is 7.28. The van der Waals surface area contributed by atoms with E-state index in [1.807, 2.05) is 6.92 Å². The molecule has 0 saturated carbocycles. The van der Waals surface area contributed by atoms with Gasteiger partial charge in [-0.15, -0.1) is 0 Å². The number of nitrogens with zero attached hydrogens (tertiary/aromatic N) is 1. The summed E-state index contributed by atoms with van der Waals surface area (Å²) in [4.78, 5) is 27.9. The van der Waals surface area contributed by atoms with Crippen LogP contribution in [0.3, 0.4) is 0 Å². The van der Waals surface area contributed by atoms with Crippen molar-refractivity contribution in [3.8, 4) is 5.75 Å². The number of carbonyl (C=O) groups excluding carboxylic acids is 2. The molecule has 0 spiro atoms. The van der Waals surface area contributed by atoms with Gasteiger partial charge in [-0.2, -0.15) is 0 Å². The molecule has 1 aliphatic heterocycles. The van der Waals surface area contributed by atoms with Crippen molar-refractivity contribution in [1.29, 1.82) is 0 Å². The van der Waals surface area contributed by atoms with Crippen molar-refractivity contribution in [3.63, 3.8) is 0 Å². The number of para-hydroxylation sites is 1. The lowest BCUT2D eigenvalue weighted by Gasteiger charge is -2.16. The largest absolute Gasteiger partial charge is 0.496 e. The van der Waals surface area contributed by atoms with E-state index in [9.17, 15) is 14.0 Å². The van der Waals surface area contributed by atoms with E-state index in [4.69, 9.17) is 16.3 Å². The highest BCUT2D eigenvalue weighted by Crippen LogP contribution is 2.37. The minimum atomic E-state index is -0.557. The van der Waals surface area contributed by atoms with Crippen LogP contribution in [0.15, 0.2) is 72.4 Å². The van der Waals surface area contributed by atoms with Gasteiger partial charge in [0.1, 0.15) is 17.3 Å². The molecule has 0 aliphatic carbocycles. The van der Waals surface area contributed by atoms with E-state index in [1.54, 1.807) is 60.7 Å². The maximum atomic E-state index is 14.3. The average molecular weight is 451 g/mol. The fourth-order valence-electron chi connectivity index (χ4n) is 3.61. The van der Waals surface area contributed by atoms with E-state index >= 15 is 0 Å². The fourth-order valence-corrected chi connectivity index (χ4v) is 3.79. The van der Waals surface area contributed by atoms with Gasteiger partial charge < -0.3 is 10.1 Å². The van der Waals surface area contributed by atoms with Gasteiger partial charge in [-0.25, -0.2) is 4.39 Å². The van der Waals surface area contributed by atoms with Gasteiger partial charge in [0.05, 0.1) is 19.2 Å². The molecule has 0 unspecified atom stereocenters. The summed E-state index contributed by atoms with van der Waals surface area (Å²) >= 11 is 6.24. The van der Waals surface area contributed by atoms with Gasteiger partial charge >= 0.3 is 0 Å². The van der Waals surface area contributed by atoms with Crippen LogP contribution < -0.4 is 10.1 Å². The number of amides is 2. The lowest BCUT2D eigenvalue weighted by molar-refractivity contribution is -0.137. The molecule has 0 fully saturated rings. The molecule has 162 valence electrons. The highest BCUT2D eigenvalue weighted by molar-refractivity contribution is 6.37. The molecule has 5 nitrogen and oxygen atoms in total. The predicted molar refractivity (Wildman–Crippen MR) is 122 cm³/mol. The SMILES string of the molecule is COc1ccccc1C1=C(Nc2cccc(Cl)c2C)C(=O)N(Cc2ccccc2F)C1=O. The van der Waals surface area contributed by atoms with Gasteiger partial charge in [0.25, 0.3) is 11.8 Å². The van der Waals surface area contributed by atoms with Crippen LogP contribution in [0.1, 0.15) is 16.7 Å². The van der Waals surface area contributed by atoms with Crippen molar-refractivity contribution in [1.82, 2.24) is 4.90 Å². The summed E-state index contributed by atoms with van der Waals surface area (Å²) in [5.74, 6) is -1.14. The van der Waals surface area contributed by atoms with Crippen LogP contribution >= 0.6 is 11.6 Å². The number of hydrogen-bond donors (Lipinski definition) is 1. The quantitative estimate of drug-likeness (QED) is 0.525. The lowest BCUT2D eigenvalue weighted by Crippen LogP contribution is -2.32. The number of anilines is 1. The van der Waals surface area contributed by atoms with Crippen molar-refractivity contribution < 1.29 is 18.7 Å². The smallest absolute Gasteiger partial charge is 0.278 e. The van der Waals surface area contributed by atoms with Crippen molar-refractivity contribution in [2.24, 2.45) is 0 Å². The van der Waals surface area contributed by atoms with Gasteiger partial charge in [0.15, 0.2) is 0 Å². The Balaban J connectivity index is 1.82. The Labute approximate surface area is 190 Å². The summed E-state index contributed by atoms with van der Waals surface area (Å²) in [6, 6.07) is 18.3. The molecule has 0 bridgehead atoms. The van der Waals surface area contributed by atoms with Crippen LogP contribution in [-0.4, -0.2) is 23.8 Å². The number of imide groups is 1. The summed E-state index contributed by atoms with van der Waals surface area (Å²) in [6.07, 6.45) is 0. The van der Waals surface area contributed by atoms with Crippen molar-refractivity contribution in [3.05, 3.63) is 100.0 Å². The number of methoxy groups -OCH3 is 1. The number of carbonyl (C=O) groups is 2. The zero-order valence-corrected chi connectivity index (χ0v) is 18.2. The summed E-state index contributed by atoms with van der Waals surface area (Å²) < 4.78 is 19.7. The zero-order chi connectivity index (χ0) is 22.8. The number of nitrogens with one attached hydrogen (secondary N) is 1. The second kappa shape index (κ2) is 8.85. The molecule has 3 aromatic carbocycles. The molecule has 0 atom stereocenters. The molecule has 1 heterocycles. The van der Waals surface area contributed by atoms with Crippen LogP contribution in [0.4, 0.5) is 10.1 Å². The standard InChI is InChI=1S/C25H20ClFN2O3/c1-15-18(26)10-7-12-20(15)28-23-22(17-9-4-6-13-21(17)32-2)24(30)29(25(23)31)14-16-8-3-5-11-19(16)27/h3-13,28H,14H2,1-2H3. The normalized spacial score (nSPS) is 13.7. The first kappa shape index (κ1) is 21.6. The fraction of sp³-hybridized carbons (Fsp3) is 0.120. The Morgan fingerprint density at radius 2 is 1.69 bits per heavy atom. The van der Waals surface area contributed by atoms with Crippen molar-refractivity contribution >= 4 is 34.7 Å². The molecule has 3 aromatic rings. The third kappa shape index (κ3) is 3.85. The topological polar surface area (TPSA) is 58.6 Å². The number of hydrogen-bond acceptors (Lipinski definition) is 4. The Morgan fingerprint density at radius 1 is 0.969 bits per heavy atom. The van der Waals surface area contributed by atoms with E-state index in [-0.39, 0.29) is 23.4 Å². The lowest BCUT2D eigenvalue weighted by atomic mass is 10.0. The predicted octanol–water partition coefficient (Wildman–Crippen LogP) is 5.19. The Morgan fingerprint density at radius 3 is 2.44 bits per heavy atom. The molecular weight excluding hydrogens is 431 g/mol. The van der Waals surface area contributed by atoms with E-state index in [0.29, 0.717) is 22.0 Å². The monoisotopic (exact) mass is 450 g/mol. The molecule has 4 rings (SSSR count). The Hall–Kier alpha value is -3.64. The molecular formula is C25H20ClFN2O3. The third-order valence-corrected chi connectivity index (χ3v) is 5.77. The van der Waals surface area contributed by atoms with Gasteiger partial charge in [-0.05, 0) is 36.8 Å². The van der Waals surface area contributed by atoms with Crippen LogP contribution in [0, 0.1) is 12.7 Å². The molecule has 2 amide bonds. The highest BCUT2D eigenvalue weighted by Gasteiger charge is 2.40. The van der Waals surface area contributed by atoms with E-state index in [2.05, 4.69) is 5.32 Å². The van der Waals surface area contributed by atoms with Gasteiger partial charge in [0, 0.05) is 21.8 Å². The molecule has 7 heteroatoms. The molecule has 0 radical (unpaired) electrons. The third-order valence-electron chi connectivity index (χ3n) is 5.36. The highest BCUT2D eigenvalue weighted by atomic mass is 35.5. The summed E-state index contributed by atoms with van der Waals surface area (Å²) in [5, 5.41) is 3.62. The van der Waals surface area contributed by atoms with E-state index < -0.39 is 17.6 Å². The molecule has 0 saturated heterocycles. The van der Waals surface area contributed by atoms with Crippen LogP contribution in [0.5, 0.6) is 5.75 Å². The molecule has 1 N–H and O–H groups in total. The van der Waals surface area contributed by atoms with Crippen molar-refractivity contribution in [2.45, 2.75) is 13.5 Å².